The predicted molar refractivity (Wildman–Crippen MR) is 123 cm³/mol. The highest BCUT2D eigenvalue weighted by Gasteiger charge is 2.26. The topological polar surface area (TPSA) is 119 Å². The smallest absolute Gasteiger partial charge is 0.338 e. The van der Waals surface area contributed by atoms with Crippen LogP contribution in [0.25, 0.3) is 0 Å². The summed E-state index contributed by atoms with van der Waals surface area (Å²) in [5.41, 5.74) is 3.11. The van der Waals surface area contributed by atoms with Gasteiger partial charge in [0.2, 0.25) is 0 Å². The Bertz CT molecular complexity index is 1080. The van der Waals surface area contributed by atoms with E-state index in [9.17, 15) is 15.0 Å². The van der Waals surface area contributed by atoms with Gasteiger partial charge >= 0.3 is 5.97 Å². The molecule has 0 aliphatic carbocycles. The maximum Gasteiger partial charge on any atom is 0.338 e. The number of aliphatic hydroxyl groups is 2. The van der Waals surface area contributed by atoms with Gasteiger partial charge in [0.15, 0.2) is 0 Å². The van der Waals surface area contributed by atoms with Gasteiger partial charge in [0.05, 0.1) is 24.5 Å². The number of pyridine rings is 1. The first-order valence-corrected chi connectivity index (χ1v) is 11.5. The van der Waals surface area contributed by atoms with Gasteiger partial charge in [-0.1, -0.05) is 12.1 Å². The fourth-order valence-electron chi connectivity index (χ4n) is 4.52. The average Bonchev–Trinajstić information content (AvgIpc) is 2.84. The number of aromatic nitrogens is 1. The van der Waals surface area contributed by atoms with Gasteiger partial charge in [0, 0.05) is 58.0 Å². The number of benzene rings is 1. The van der Waals surface area contributed by atoms with E-state index < -0.39 is 12.2 Å². The lowest BCUT2D eigenvalue weighted by Crippen LogP contribution is -2.48. The summed E-state index contributed by atoms with van der Waals surface area (Å²) in [6.07, 6.45) is 0.481. The van der Waals surface area contributed by atoms with Crippen molar-refractivity contribution in [3.05, 3.63) is 58.4 Å². The van der Waals surface area contributed by atoms with Gasteiger partial charge in [-0.3, -0.25) is 14.8 Å². The van der Waals surface area contributed by atoms with Crippen molar-refractivity contribution in [3.63, 3.8) is 0 Å². The maximum atomic E-state index is 12.0. The van der Waals surface area contributed by atoms with Gasteiger partial charge in [0.1, 0.15) is 29.6 Å². The lowest BCUT2D eigenvalue weighted by molar-refractivity contribution is 0.0299. The first-order chi connectivity index (χ1) is 16.4. The number of cyclic esters (lactones) is 1. The van der Waals surface area contributed by atoms with Crippen LogP contribution in [0.4, 0.5) is 0 Å². The van der Waals surface area contributed by atoms with E-state index in [1.165, 1.54) is 13.3 Å². The van der Waals surface area contributed by atoms with Crippen LogP contribution in [0.15, 0.2) is 30.5 Å². The van der Waals surface area contributed by atoms with Crippen LogP contribution in [-0.4, -0.2) is 83.4 Å². The number of hydrogen-bond donors (Lipinski definition) is 2. The molecule has 4 rings (SSSR count). The van der Waals surface area contributed by atoms with E-state index in [1.807, 2.05) is 19.1 Å². The monoisotopic (exact) mass is 466 g/mol. The maximum absolute atomic E-state index is 12.0. The molecular formula is C25H30N4O5. The van der Waals surface area contributed by atoms with Crippen LogP contribution >= 0.6 is 0 Å². The number of β-amino-alcohol motifs (C(OH)–C–C–N with tert-alkyl or cyclic N) is 2. The van der Waals surface area contributed by atoms with Crippen molar-refractivity contribution in [2.75, 3.05) is 46.4 Å². The number of methoxy groups -OCH3 is 1. The van der Waals surface area contributed by atoms with E-state index in [4.69, 9.17) is 14.7 Å². The van der Waals surface area contributed by atoms with Gasteiger partial charge in [-0.15, -0.1) is 0 Å². The third kappa shape index (κ3) is 5.37. The molecule has 2 aliphatic rings. The van der Waals surface area contributed by atoms with Crippen LogP contribution in [0.2, 0.25) is 0 Å². The van der Waals surface area contributed by atoms with E-state index in [2.05, 4.69) is 14.8 Å². The van der Waals surface area contributed by atoms with Crippen LogP contribution in [0.3, 0.4) is 0 Å². The molecule has 3 heterocycles. The molecule has 1 aromatic heterocycles. The standard InChI is InChI=1S/C25H30N4O5/c1-16-9-18-10-17(3-4-20(18)25(32)34-16)22(30)14-28-5-7-29(8-6-28)15-23(31)21-11-24(33-2)19(12-26)13-27-21/h3-4,10-11,13,16,22-23,30-31H,5-9,14-15H2,1-2H3. The molecule has 9 nitrogen and oxygen atoms in total. The van der Waals surface area contributed by atoms with Gasteiger partial charge in [-0.05, 0) is 24.1 Å². The van der Waals surface area contributed by atoms with Crippen molar-refractivity contribution in [2.24, 2.45) is 0 Å². The number of esters is 1. The number of rotatable bonds is 7. The summed E-state index contributed by atoms with van der Waals surface area (Å²) in [5.74, 6) is 0.0987. The van der Waals surface area contributed by atoms with Crippen LogP contribution < -0.4 is 4.74 Å². The van der Waals surface area contributed by atoms with E-state index in [1.54, 1.807) is 18.2 Å². The van der Waals surface area contributed by atoms with Gasteiger partial charge < -0.3 is 19.7 Å². The molecule has 0 radical (unpaired) electrons. The number of ether oxygens (including phenoxy) is 2. The van der Waals surface area contributed by atoms with Crippen molar-refractivity contribution >= 4 is 5.97 Å². The predicted octanol–water partition coefficient (Wildman–Crippen LogP) is 1.45. The van der Waals surface area contributed by atoms with Crippen molar-refractivity contribution in [1.29, 1.82) is 5.26 Å². The Labute approximate surface area is 199 Å². The summed E-state index contributed by atoms with van der Waals surface area (Å²) in [6.45, 7) is 5.84. The van der Waals surface area contributed by atoms with E-state index in [-0.39, 0.29) is 12.1 Å². The Morgan fingerprint density at radius 3 is 2.50 bits per heavy atom. The zero-order valence-corrected chi connectivity index (χ0v) is 19.5. The summed E-state index contributed by atoms with van der Waals surface area (Å²) in [7, 11) is 1.48. The molecular weight excluding hydrogens is 436 g/mol. The second kappa shape index (κ2) is 10.5. The van der Waals surface area contributed by atoms with Gasteiger partial charge in [0.25, 0.3) is 0 Å². The SMILES string of the molecule is COc1cc(C(O)CN2CCN(CC(O)c3ccc4c(c3)CC(C)OC4=O)CC2)ncc1C#N. The summed E-state index contributed by atoms with van der Waals surface area (Å²) in [6, 6.07) is 9.09. The van der Waals surface area contributed by atoms with Gasteiger partial charge in [-0.2, -0.15) is 5.26 Å². The fraction of sp³-hybridized carbons (Fsp3) is 0.480. The molecule has 9 heteroatoms. The number of aliphatic hydroxyl groups excluding tert-OH is 2. The second-order valence-electron chi connectivity index (χ2n) is 8.89. The molecule has 180 valence electrons. The number of carbonyl (C=O) groups excluding carboxylic acids is 1. The summed E-state index contributed by atoms with van der Waals surface area (Å²) >= 11 is 0. The number of hydrogen-bond acceptors (Lipinski definition) is 9. The Balaban J connectivity index is 1.29. The molecule has 2 aliphatic heterocycles. The minimum Gasteiger partial charge on any atom is -0.495 e. The molecule has 3 atom stereocenters. The van der Waals surface area contributed by atoms with E-state index in [0.717, 1.165) is 37.3 Å². The first-order valence-electron chi connectivity index (χ1n) is 11.5. The fourth-order valence-corrected chi connectivity index (χ4v) is 4.52. The molecule has 34 heavy (non-hydrogen) atoms. The minimum absolute atomic E-state index is 0.156. The zero-order chi connectivity index (χ0) is 24.2. The number of fused-ring (bicyclic) bond motifs is 1. The average molecular weight is 467 g/mol. The Morgan fingerprint density at radius 1 is 1.18 bits per heavy atom. The molecule has 2 aromatic rings. The minimum atomic E-state index is -0.789. The Kier molecular flexibility index (Phi) is 7.44. The zero-order valence-electron chi connectivity index (χ0n) is 19.5. The Morgan fingerprint density at radius 2 is 1.85 bits per heavy atom. The number of carbonyl (C=O) groups is 1. The summed E-state index contributed by atoms with van der Waals surface area (Å²) in [5, 5.41) is 30.5. The quantitative estimate of drug-likeness (QED) is 0.584. The van der Waals surface area contributed by atoms with Crippen molar-refractivity contribution < 1.29 is 24.5 Å². The molecule has 1 saturated heterocycles. The third-order valence-electron chi connectivity index (χ3n) is 6.45. The van der Waals surface area contributed by atoms with Crippen LogP contribution in [0.1, 0.15) is 51.9 Å². The van der Waals surface area contributed by atoms with E-state index >= 15 is 0 Å². The van der Waals surface area contributed by atoms with E-state index in [0.29, 0.717) is 42.1 Å². The van der Waals surface area contributed by atoms with Gasteiger partial charge in [-0.25, -0.2) is 4.79 Å². The summed E-state index contributed by atoms with van der Waals surface area (Å²) in [4.78, 5) is 20.6. The van der Waals surface area contributed by atoms with Crippen LogP contribution in [-0.2, 0) is 11.2 Å². The molecule has 0 amide bonds. The number of nitriles is 1. The number of nitrogens with zero attached hydrogens (tertiary/aromatic N) is 4. The third-order valence-corrected chi connectivity index (χ3v) is 6.45. The molecule has 0 bridgehead atoms. The molecule has 1 aromatic carbocycles. The first kappa shape index (κ1) is 24.1. The lowest BCUT2D eigenvalue weighted by Gasteiger charge is -2.36. The molecule has 0 spiro atoms. The highest BCUT2D eigenvalue weighted by atomic mass is 16.5. The molecule has 3 unspecified atom stereocenters. The lowest BCUT2D eigenvalue weighted by atomic mass is 9.95. The largest absolute Gasteiger partial charge is 0.495 e. The molecule has 1 fully saturated rings. The number of piperazine rings is 1. The summed E-state index contributed by atoms with van der Waals surface area (Å²) < 4.78 is 10.5. The highest BCUT2D eigenvalue weighted by Crippen LogP contribution is 2.26. The van der Waals surface area contributed by atoms with Crippen LogP contribution in [0, 0.1) is 11.3 Å². The normalized spacial score (nSPS) is 20.7. The Hall–Kier alpha value is -3.03. The van der Waals surface area contributed by atoms with Crippen molar-refractivity contribution in [3.8, 4) is 11.8 Å². The second-order valence-corrected chi connectivity index (χ2v) is 8.89. The molecule has 2 N–H and O–H groups in total. The van der Waals surface area contributed by atoms with Crippen LogP contribution in [0.5, 0.6) is 5.75 Å². The van der Waals surface area contributed by atoms with Crippen molar-refractivity contribution in [1.82, 2.24) is 14.8 Å². The highest BCUT2D eigenvalue weighted by molar-refractivity contribution is 5.92. The van der Waals surface area contributed by atoms with Crippen molar-refractivity contribution in [2.45, 2.75) is 31.7 Å². The molecule has 0 saturated carbocycles.